The molecule has 2 heterocycles. The normalized spacial score (nSPS) is 18.1. The van der Waals surface area contributed by atoms with Crippen molar-refractivity contribution in [2.45, 2.75) is 36.8 Å². The summed E-state index contributed by atoms with van der Waals surface area (Å²) in [4.78, 5) is 29.0. The molecule has 0 bridgehead atoms. The molecule has 0 saturated carbocycles. The van der Waals surface area contributed by atoms with Gasteiger partial charge in [0.2, 0.25) is 0 Å². The van der Waals surface area contributed by atoms with Gasteiger partial charge in [-0.3, -0.25) is 0 Å². The van der Waals surface area contributed by atoms with Crippen molar-refractivity contribution in [3.63, 3.8) is 0 Å². The third-order valence-corrected chi connectivity index (χ3v) is 8.22. The Morgan fingerprint density at radius 1 is 1.10 bits per heavy atom. The number of ether oxygens (including phenoxy) is 2. The summed E-state index contributed by atoms with van der Waals surface area (Å²) in [5, 5.41) is 15.0. The van der Waals surface area contributed by atoms with Crippen molar-refractivity contribution in [3.05, 3.63) is 94.8 Å². The second-order valence-electron chi connectivity index (χ2n) is 9.67. The fraction of sp³-hybridized carbons (Fsp3) is 0.267. The van der Waals surface area contributed by atoms with Gasteiger partial charge in [0.05, 0.1) is 17.3 Å². The summed E-state index contributed by atoms with van der Waals surface area (Å²) in [7, 11) is 0. The molecule has 0 aromatic heterocycles. The molecule has 1 amide bonds. The molecule has 2 aliphatic heterocycles. The fourth-order valence-corrected chi connectivity index (χ4v) is 5.51. The van der Waals surface area contributed by atoms with Crippen LogP contribution in [0.5, 0.6) is 11.5 Å². The molecule has 3 aromatic carbocycles. The van der Waals surface area contributed by atoms with E-state index in [9.17, 15) is 27.2 Å². The molecule has 0 radical (unpaired) electrons. The Kier molecular flexibility index (Phi) is 8.61. The molecule has 0 N–H and O–H groups in total. The fourth-order valence-electron chi connectivity index (χ4n) is 4.77. The number of esters is 1. The minimum absolute atomic E-state index is 0.0373. The zero-order valence-corrected chi connectivity index (χ0v) is 23.6. The quantitative estimate of drug-likeness (QED) is 0.0787. The van der Waals surface area contributed by atoms with Crippen molar-refractivity contribution in [1.82, 2.24) is 5.01 Å². The van der Waals surface area contributed by atoms with Crippen LogP contribution in [-0.4, -0.2) is 44.2 Å². The van der Waals surface area contributed by atoms with E-state index in [1.165, 1.54) is 36.4 Å². The van der Waals surface area contributed by atoms with Gasteiger partial charge < -0.3 is 0 Å². The summed E-state index contributed by atoms with van der Waals surface area (Å²) in [5.41, 5.74) is 1.15. The van der Waals surface area contributed by atoms with Crippen LogP contribution in [0.3, 0.4) is 0 Å². The Balaban J connectivity index is 1.38. The Labute approximate surface area is 244 Å². The topological polar surface area (TPSA) is 92.0 Å². The van der Waals surface area contributed by atoms with Crippen LogP contribution in [0.2, 0.25) is 5.32 Å². The molecule has 42 heavy (non-hydrogen) atoms. The maximum atomic E-state index is 13.8. The molecule has 2 unspecified atom stereocenters. The number of alkyl halides is 3. The molecule has 7 nitrogen and oxygen atoms in total. The molecule has 0 saturated heterocycles. The first-order valence-electron chi connectivity index (χ1n) is 13.0. The predicted molar refractivity (Wildman–Crippen MR) is 144 cm³/mol. The summed E-state index contributed by atoms with van der Waals surface area (Å²) >= 11 is -0.0824. The van der Waals surface area contributed by atoms with Crippen LogP contribution in [0.1, 0.15) is 41.1 Å². The number of carbonyl (C=O) groups is 2. The van der Waals surface area contributed by atoms with Gasteiger partial charge in [0, 0.05) is 6.42 Å². The molecule has 2 atom stereocenters. The summed E-state index contributed by atoms with van der Waals surface area (Å²) in [5.74, 6) is -2.36. The number of nitrogens with zero attached hydrogens (tertiary/aromatic N) is 3. The van der Waals surface area contributed by atoms with E-state index in [1.807, 2.05) is 0 Å². The standard InChI is InChI=1S/C30H23F4N3O4Se/c31-22-9-4-18(5-10-22)25-16-26(19-2-7-21(8-3-19)30(32,33)34)37(36-25)28(38)24-14-20-6-11-23(15-27(20)41-29(24)39)40-12-1-13-42-17-35/h2-11,15,24,26H,1,12-14,16H2. The van der Waals surface area contributed by atoms with E-state index < -0.39 is 41.4 Å². The Morgan fingerprint density at radius 3 is 2.52 bits per heavy atom. The summed E-state index contributed by atoms with van der Waals surface area (Å²) in [6.07, 6.45) is -3.62. The first kappa shape index (κ1) is 29.3. The SMILES string of the molecule is N#C[Se]CCCOc1ccc2c(c1)OC(=O)C(C(=O)N1N=C(c3ccc(F)cc3)CC1c1ccc(C(F)(F)F)cc1)C2. The van der Waals surface area contributed by atoms with Gasteiger partial charge in [-0.2, -0.15) is 18.3 Å². The number of halogens is 4. The average molecular weight is 644 g/mol. The van der Waals surface area contributed by atoms with Crippen LogP contribution in [0.15, 0.2) is 71.8 Å². The van der Waals surface area contributed by atoms with Gasteiger partial charge in [-0.25, -0.2) is 4.39 Å². The van der Waals surface area contributed by atoms with Gasteiger partial charge in [0.1, 0.15) is 5.82 Å². The van der Waals surface area contributed by atoms with Crippen molar-refractivity contribution < 1.29 is 36.6 Å². The summed E-state index contributed by atoms with van der Waals surface area (Å²) < 4.78 is 64.2. The summed E-state index contributed by atoms with van der Waals surface area (Å²) in [6.45, 7) is 0.409. The van der Waals surface area contributed by atoms with Crippen LogP contribution >= 0.6 is 0 Å². The molecule has 0 aliphatic carbocycles. The second-order valence-corrected chi connectivity index (χ2v) is 11.5. The van der Waals surface area contributed by atoms with E-state index >= 15 is 0 Å². The number of hydrogen-bond acceptors (Lipinski definition) is 6. The van der Waals surface area contributed by atoms with Gasteiger partial charge >= 0.3 is 133 Å². The van der Waals surface area contributed by atoms with Crippen LogP contribution in [-0.2, 0) is 22.2 Å². The van der Waals surface area contributed by atoms with Gasteiger partial charge in [0.25, 0.3) is 0 Å². The van der Waals surface area contributed by atoms with E-state index in [0.29, 0.717) is 34.8 Å². The number of benzene rings is 3. The van der Waals surface area contributed by atoms with Gasteiger partial charge in [-0.05, 0) is 35.4 Å². The van der Waals surface area contributed by atoms with Crippen LogP contribution < -0.4 is 9.47 Å². The molecule has 2 aliphatic rings. The third kappa shape index (κ3) is 6.48. The molecule has 12 heteroatoms. The zero-order valence-electron chi connectivity index (χ0n) is 21.9. The van der Waals surface area contributed by atoms with E-state index in [4.69, 9.17) is 14.7 Å². The van der Waals surface area contributed by atoms with Crippen LogP contribution in [0.4, 0.5) is 17.6 Å². The van der Waals surface area contributed by atoms with E-state index in [1.54, 1.807) is 18.2 Å². The number of hydrazone groups is 1. The molecule has 0 spiro atoms. The Morgan fingerprint density at radius 2 is 1.83 bits per heavy atom. The van der Waals surface area contributed by atoms with Crippen LogP contribution in [0, 0.1) is 22.0 Å². The van der Waals surface area contributed by atoms with Gasteiger partial charge in [-0.15, -0.1) is 0 Å². The Bertz CT molecular complexity index is 1550. The van der Waals surface area contributed by atoms with Crippen LogP contribution in [0.25, 0.3) is 0 Å². The number of rotatable bonds is 8. The van der Waals surface area contributed by atoms with E-state index in [2.05, 4.69) is 10.1 Å². The van der Waals surface area contributed by atoms with Crippen molar-refractivity contribution in [2.24, 2.45) is 11.0 Å². The van der Waals surface area contributed by atoms with E-state index in [-0.39, 0.29) is 33.5 Å². The predicted octanol–water partition coefficient (Wildman–Crippen LogP) is 5.67. The summed E-state index contributed by atoms with van der Waals surface area (Å²) in [6, 6.07) is 14.1. The molecule has 5 rings (SSSR count). The second kappa shape index (κ2) is 12.3. The van der Waals surface area contributed by atoms with Crippen molar-refractivity contribution >= 4 is 32.5 Å². The maximum absolute atomic E-state index is 13.8. The number of amides is 1. The molecule has 0 fully saturated rings. The number of fused-ring (bicyclic) bond motifs is 1. The van der Waals surface area contributed by atoms with Crippen molar-refractivity contribution in [2.75, 3.05) is 6.61 Å². The number of hydrogen-bond donors (Lipinski definition) is 0. The third-order valence-electron chi connectivity index (χ3n) is 6.92. The van der Waals surface area contributed by atoms with Crippen molar-refractivity contribution in [3.8, 4) is 16.5 Å². The number of nitriles is 1. The minimum atomic E-state index is -4.53. The monoisotopic (exact) mass is 645 g/mol. The van der Waals surface area contributed by atoms with Gasteiger partial charge in [0.15, 0.2) is 0 Å². The molecular weight excluding hydrogens is 621 g/mol. The molecule has 216 valence electrons. The Hall–Kier alpha value is -4.20. The molecular formula is C30H23F4N3O4Se. The first-order chi connectivity index (χ1) is 20.1. The average Bonchev–Trinajstić information content (AvgIpc) is 3.42. The van der Waals surface area contributed by atoms with E-state index in [0.717, 1.165) is 28.9 Å². The van der Waals surface area contributed by atoms with Gasteiger partial charge in [-0.1, -0.05) is 24.3 Å². The molecule has 3 aromatic rings. The first-order valence-corrected chi connectivity index (χ1v) is 15.0. The number of carbonyl (C=O) groups excluding carboxylic acids is 2. The zero-order chi connectivity index (χ0) is 29.9. The van der Waals surface area contributed by atoms with Crippen molar-refractivity contribution in [1.29, 1.82) is 5.26 Å².